The smallest absolute Gasteiger partial charge is 0.0622 e. The van der Waals surface area contributed by atoms with E-state index in [0.717, 1.165) is 122 Å². The predicted octanol–water partition coefficient (Wildman–Crippen LogP) is 13.9. The van der Waals surface area contributed by atoms with Crippen LogP contribution in [0.2, 0.25) is 0 Å². The Morgan fingerprint density at radius 3 is 1.15 bits per heavy atom. The maximum Gasteiger partial charge on any atom is 0.0622 e. The summed E-state index contributed by atoms with van der Waals surface area (Å²) in [6.07, 6.45) is 30.3. The fourth-order valence-electron chi connectivity index (χ4n) is 18.9. The summed E-state index contributed by atoms with van der Waals surface area (Å²) in [5, 5.41) is 41.6. The molecule has 4 nitrogen and oxygen atoms in total. The van der Waals surface area contributed by atoms with E-state index in [2.05, 4.69) is 55.4 Å². The fourth-order valence-corrected chi connectivity index (χ4v) is 18.9. The van der Waals surface area contributed by atoms with Gasteiger partial charge >= 0.3 is 0 Å². The van der Waals surface area contributed by atoms with Crippen molar-refractivity contribution < 1.29 is 20.4 Å². The average molecular weight is 837 g/mol. The standard InChI is InChI=1S/2C28H50O2/c2*1-19(8-7-14-25(2,3)29)22-11-12-23-21-10-9-20-18-26(4,30)16-17-27(20,5)24(21)13-15-28(22,23)6/h2*19-24,29-30H,7-18H2,1-6H3/t2*19-,20+,21+,22-,23+,24+,26+,27+,28-/m11/s1. The third-order valence-corrected chi connectivity index (χ3v) is 22.3. The van der Waals surface area contributed by atoms with Gasteiger partial charge in [0.1, 0.15) is 0 Å². The summed E-state index contributed by atoms with van der Waals surface area (Å²) in [5.41, 5.74) is 0.162. The topological polar surface area (TPSA) is 80.9 Å². The molecular weight excluding hydrogens is 737 g/mol. The second-order valence-corrected chi connectivity index (χ2v) is 27.5. The average Bonchev–Trinajstić information content (AvgIpc) is 3.68. The number of fused-ring (bicyclic) bond motifs is 10. The zero-order valence-electron chi connectivity index (χ0n) is 41.7. The first-order chi connectivity index (χ1) is 27.7. The van der Waals surface area contributed by atoms with Gasteiger partial charge in [-0.2, -0.15) is 0 Å². The Morgan fingerprint density at radius 1 is 0.450 bits per heavy atom. The van der Waals surface area contributed by atoms with E-state index in [9.17, 15) is 20.4 Å². The Labute approximate surface area is 371 Å². The van der Waals surface area contributed by atoms with Crippen LogP contribution in [0.25, 0.3) is 0 Å². The zero-order chi connectivity index (χ0) is 43.9. The molecule has 0 heterocycles. The van der Waals surface area contributed by atoms with E-state index in [1.54, 1.807) is 0 Å². The number of hydrogen-bond acceptors (Lipinski definition) is 4. The molecule has 8 aliphatic carbocycles. The van der Waals surface area contributed by atoms with Crippen LogP contribution in [-0.2, 0) is 0 Å². The van der Waals surface area contributed by atoms with Crippen molar-refractivity contribution in [2.24, 2.45) is 92.7 Å². The molecule has 0 spiro atoms. The van der Waals surface area contributed by atoms with Crippen LogP contribution in [-0.4, -0.2) is 42.8 Å². The van der Waals surface area contributed by atoms with Gasteiger partial charge in [0.25, 0.3) is 0 Å². The van der Waals surface area contributed by atoms with Gasteiger partial charge in [0.15, 0.2) is 0 Å². The van der Waals surface area contributed by atoms with E-state index in [0.29, 0.717) is 21.7 Å². The van der Waals surface area contributed by atoms with Crippen LogP contribution in [0.1, 0.15) is 237 Å². The largest absolute Gasteiger partial charge is 0.390 e. The monoisotopic (exact) mass is 837 g/mol. The van der Waals surface area contributed by atoms with E-state index < -0.39 is 22.4 Å². The summed E-state index contributed by atoms with van der Waals surface area (Å²) >= 11 is 0. The van der Waals surface area contributed by atoms with Gasteiger partial charge in [-0.05, 0) is 263 Å². The molecule has 0 aromatic heterocycles. The van der Waals surface area contributed by atoms with Crippen molar-refractivity contribution >= 4 is 0 Å². The SMILES string of the molecule is C[C@H](CCCC(C)(C)O)[C@H]1CC[C@H]2[C@@H]3CC[C@H]4C[C@@](C)(O)CC[C@]4(C)[C@H]3CC[C@]12C.C[C@H](CCCC(C)(C)O)[C@H]1CC[C@H]2[C@@H]3CC[C@H]4C[C@@](C)(O)CC[C@]4(C)[C@H]3CC[C@]12C. The minimum absolute atomic E-state index is 0.419. The van der Waals surface area contributed by atoms with E-state index in [4.69, 9.17) is 0 Å². The quantitative estimate of drug-likeness (QED) is 0.177. The third kappa shape index (κ3) is 9.29. The lowest BCUT2D eigenvalue weighted by Gasteiger charge is -2.62. The van der Waals surface area contributed by atoms with Gasteiger partial charge in [-0.1, -0.05) is 67.2 Å². The van der Waals surface area contributed by atoms with E-state index >= 15 is 0 Å². The maximum atomic E-state index is 10.7. The number of rotatable bonds is 10. The second kappa shape index (κ2) is 16.9. The van der Waals surface area contributed by atoms with Crippen molar-refractivity contribution in [3.05, 3.63) is 0 Å². The minimum atomic E-state index is -0.515. The van der Waals surface area contributed by atoms with Crippen LogP contribution in [0.5, 0.6) is 0 Å². The van der Waals surface area contributed by atoms with Crippen molar-refractivity contribution in [3.8, 4) is 0 Å². The van der Waals surface area contributed by atoms with Crippen LogP contribution >= 0.6 is 0 Å². The van der Waals surface area contributed by atoms with Crippen LogP contribution in [0, 0.1) is 92.7 Å². The van der Waals surface area contributed by atoms with Gasteiger partial charge in [0, 0.05) is 0 Å². The first-order valence-corrected chi connectivity index (χ1v) is 26.6. The van der Waals surface area contributed by atoms with Gasteiger partial charge in [-0.15, -0.1) is 0 Å². The highest BCUT2D eigenvalue weighted by Crippen LogP contribution is 2.71. The lowest BCUT2D eigenvalue weighted by molar-refractivity contribution is -0.148. The lowest BCUT2D eigenvalue weighted by atomic mass is 9.43. The molecule has 0 unspecified atom stereocenters. The van der Waals surface area contributed by atoms with Crippen LogP contribution < -0.4 is 0 Å². The summed E-state index contributed by atoms with van der Waals surface area (Å²) < 4.78 is 0. The predicted molar refractivity (Wildman–Crippen MR) is 250 cm³/mol. The first-order valence-electron chi connectivity index (χ1n) is 26.6. The van der Waals surface area contributed by atoms with Gasteiger partial charge in [-0.25, -0.2) is 0 Å². The molecule has 8 rings (SSSR count). The Kier molecular flexibility index (Phi) is 13.5. The molecule has 4 N–H and O–H groups in total. The molecule has 0 bridgehead atoms. The highest BCUT2D eigenvalue weighted by atomic mass is 16.3. The number of aliphatic hydroxyl groups is 4. The van der Waals surface area contributed by atoms with Gasteiger partial charge < -0.3 is 20.4 Å². The van der Waals surface area contributed by atoms with Crippen molar-refractivity contribution in [2.45, 2.75) is 260 Å². The van der Waals surface area contributed by atoms with Crippen molar-refractivity contribution in [2.75, 3.05) is 0 Å². The highest BCUT2D eigenvalue weighted by molar-refractivity contribution is 5.12. The summed E-state index contributed by atoms with van der Waals surface area (Å²) in [5.74, 6) is 10.3. The molecule has 0 saturated heterocycles. The molecule has 8 saturated carbocycles. The van der Waals surface area contributed by atoms with Crippen LogP contribution in [0.4, 0.5) is 0 Å². The summed E-state index contributed by atoms with van der Waals surface area (Å²) in [6, 6.07) is 0. The third-order valence-electron chi connectivity index (χ3n) is 22.3. The molecule has 0 aliphatic heterocycles. The van der Waals surface area contributed by atoms with Crippen molar-refractivity contribution in [1.29, 1.82) is 0 Å². The molecule has 60 heavy (non-hydrogen) atoms. The molecule has 8 aliphatic rings. The van der Waals surface area contributed by atoms with Gasteiger partial charge in [-0.3, -0.25) is 0 Å². The Bertz CT molecular complexity index is 1350. The fraction of sp³-hybridized carbons (Fsp3) is 1.00. The van der Waals surface area contributed by atoms with Crippen LogP contribution in [0.15, 0.2) is 0 Å². The molecule has 4 heteroatoms. The molecule has 8 fully saturated rings. The van der Waals surface area contributed by atoms with E-state index in [1.165, 1.54) is 103 Å². The van der Waals surface area contributed by atoms with E-state index in [-0.39, 0.29) is 0 Å². The minimum Gasteiger partial charge on any atom is -0.390 e. The summed E-state index contributed by atoms with van der Waals surface area (Å²) in [4.78, 5) is 0. The van der Waals surface area contributed by atoms with Crippen molar-refractivity contribution in [1.82, 2.24) is 0 Å². The number of hydrogen-bond donors (Lipinski definition) is 4. The van der Waals surface area contributed by atoms with Gasteiger partial charge in [0.05, 0.1) is 22.4 Å². The molecular formula is C56H100O4. The summed E-state index contributed by atoms with van der Waals surface area (Å²) in [7, 11) is 0. The van der Waals surface area contributed by atoms with Crippen molar-refractivity contribution in [3.63, 3.8) is 0 Å². The second-order valence-electron chi connectivity index (χ2n) is 27.5. The molecule has 0 aromatic carbocycles. The molecule has 0 amide bonds. The summed E-state index contributed by atoms with van der Waals surface area (Å²) in [6.45, 7) is 27.5. The Morgan fingerprint density at radius 2 is 0.800 bits per heavy atom. The normalized spacial score (nSPS) is 49.8. The zero-order valence-corrected chi connectivity index (χ0v) is 41.7. The maximum absolute atomic E-state index is 10.7. The lowest BCUT2D eigenvalue weighted by Crippen LogP contribution is -2.55. The highest BCUT2D eigenvalue weighted by Gasteiger charge is 2.63. The first kappa shape index (κ1) is 47.8. The van der Waals surface area contributed by atoms with E-state index in [1.807, 2.05) is 27.7 Å². The van der Waals surface area contributed by atoms with Gasteiger partial charge in [0.2, 0.25) is 0 Å². The molecule has 0 aromatic rings. The molecule has 348 valence electrons. The van der Waals surface area contributed by atoms with Crippen LogP contribution in [0.3, 0.4) is 0 Å². The Hall–Kier alpha value is -0.160. The molecule has 18 atom stereocenters. The Balaban J connectivity index is 0.000000181. The molecule has 0 radical (unpaired) electrons.